The molecule has 0 aliphatic rings. The Bertz CT molecular complexity index is 432. The molecular weight excluding hydrogens is 259 g/mol. The summed E-state index contributed by atoms with van der Waals surface area (Å²) in [6.07, 6.45) is -4.20. The number of amides is 1. The van der Waals surface area contributed by atoms with Crippen molar-refractivity contribution in [2.75, 3.05) is 13.1 Å². The van der Waals surface area contributed by atoms with Gasteiger partial charge < -0.3 is 10.0 Å². The van der Waals surface area contributed by atoms with Crippen LogP contribution in [0.4, 0.5) is 13.2 Å². The van der Waals surface area contributed by atoms with Crippen LogP contribution in [0.3, 0.4) is 0 Å². The Labute approximate surface area is 109 Å². The van der Waals surface area contributed by atoms with Gasteiger partial charge in [0.15, 0.2) is 0 Å². The van der Waals surface area contributed by atoms with Crippen LogP contribution < -0.4 is 0 Å². The van der Waals surface area contributed by atoms with Crippen LogP contribution in [-0.2, 0) is 11.2 Å². The quantitative estimate of drug-likeness (QED) is 0.897. The fourth-order valence-electron chi connectivity index (χ4n) is 1.71. The zero-order valence-electron chi connectivity index (χ0n) is 10.6. The lowest BCUT2D eigenvalue weighted by molar-refractivity contribution is -0.160. The van der Waals surface area contributed by atoms with Gasteiger partial charge in [0.2, 0.25) is 5.91 Å². The maximum absolute atomic E-state index is 12.4. The molecule has 0 atom stereocenters. The molecule has 0 heterocycles. The van der Waals surface area contributed by atoms with E-state index >= 15 is 0 Å². The van der Waals surface area contributed by atoms with E-state index in [0.29, 0.717) is 12.0 Å². The molecule has 19 heavy (non-hydrogen) atoms. The van der Waals surface area contributed by atoms with Gasteiger partial charge in [-0.1, -0.05) is 25.1 Å². The molecule has 1 aromatic carbocycles. The Morgan fingerprint density at radius 1 is 1.32 bits per heavy atom. The van der Waals surface area contributed by atoms with E-state index in [0.717, 1.165) is 4.90 Å². The van der Waals surface area contributed by atoms with Gasteiger partial charge in [-0.3, -0.25) is 4.79 Å². The largest absolute Gasteiger partial charge is 0.508 e. The molecule has 0 saturated heterocycles. The van der Waals surface area contributed by atoms with Gasteiger partial charge in [0.1, 0.15) is 12.3 Å². The summed E-state index contributed by atoms with van der Waals surface area (Å²) in [5, 5.41) is 9.51. The second-order valence-corrected chi connectivity index (χ2v) is 4.24. The second-order valence-electron chi connectivity index (χ2n) is 4.24. The van der Waals surface area contributed by atoms with Crippen molar-refractivity contribution in [1.82, 2.24) is 4.90 Å². The van der Waals surface area contributed by atoms with E-state index < -0.39 is 18.6 Å². The lowest BCUT2D eigenvalue weighted by atomic mass is 10.1. The van der Waals surface area contributed by atoms with E-state index in [1.165, 1.54) is 12.1 Å². The smallest absolute Gasteiger partial charge is 0.406 e. The highest BCUT2D eigenvalue weighted by atomic mass is 19.4. The number of halogens is 3. The van der Waals surface area contributed by atoms with E-state index in [9.17, 15) is 23.1 Å². The average molecular weight is 275 g/mol. The van der Waals surface area contributed by atoms with Gasteiger partial charge >= 0.3 is 6.18 Å². The average Bonchev–Trinajstić information content (AvgIpc) is 2.30. The Morgan fingerprint density at radius 2 is 1.95 bits per heavy atom. The molecule has 0 saturated carbocycles. The first kappa shape index (κ1) is 15.3. The molecule has 0 unspecified atom stereocenters. The monoisotopic (exact) mass is 275 g/mol. The number of hydrogen-bond donors (Lipinski definition) is 1. The summed E-state index contributed by atoms with van der Waals surface area (Å²) in [5.41, 5.74) is 0.329. The van der Waals surface area contributed by atoms with Gasteiger partial charge in [-0.25, -0.2) is 0 Å². The third-order valence-corrected chi connectivity index (χ3v) is 2.55. The summed E-state index contributed by atoms with van der Waals surface area (Å²) in [7, 11) is 0. The first-order valence-electron chi connectivity index (χ1n) is 5.95. The van der Waals surface area contributed by atoms with Crippen LogP contribution in [0.1, 0.15) is 18.9 Å². The van der Waals surface area contributed by atoms with Gasteiger partial charge in [-0.2, -0.15) is 13.2 Å². The number of nitrogens with zero attached hydrogens (tertiary/aromatic N) is 1. The van der Waals surface area contributed by atoms with Crippen LogP contribution >= 0.6 is 0 Å². The van der Waals surface area contributed by atoms with Crippen molar-refractivity contribution < 1.29 is 23.1 Å². The maximum atomic E-state index is 12.4. The number of phenolic OH excluding ortho intramolecular Hbond substituents is 1. The Kier molecular flexibility index (Phi) is 5.20. The van der Waals surface area contributed by atoms with Crippen LogP contribution in [0.15, 0.2) is 24.3 Å². The van der Waals surface area contributed by atoms with Gasteiger partial charge in [-0.05, 0) is 12.5 Å². The number of carbonyl (C=O) groups is 1. The molecule has 6 heteroatoms. The van der Waals surface area contributed by atoms with E-state index in [1.54, 1.807) is 19.1 Å². The molecule has 1 amide bonds. The molecule has 0 aromatic heterocycles. The number of para-hydroxylation sites is 1. The number of aromatic hydroxyl groups is 1. The van der Waals surface area contributed by atoms with Crippen LogP contribution in [0, 0.1) is 0 Å². The van der Waals surface area contributed by atoms with Crippen molar-refractivity contribution in [3.05, 3.63) is 29.8 Å². The molecule has 106 valence electrons. The van der Waals surface area contributed by atoms with E-state index in [1.807, 2.05) is 0 Å². The molecule has 0 aliphatic heterocycles. The molecule has 0 radical (unpaired) electrons. The van der Waals surface area contributed by atoms with Crippen LogP contribution in [-0.4, -0.2) is 35.2 Å². The highest BCUT2D eigenvalue weighted by Crippen LogP contribution is 2.20. The van der Waals surface area contributed by atoms with Gasteiger partial charge in [0.05, 0.1) is 6.42 Å². The summed E-state index contributed by atoms with van der Waals surface area (Å²) in [6, 6.07) is 6.13. The lowest BCUT2D eigenvalue weighted by Gasteiger charge is -2.23. The Morgan fingerprint density at radius 3 is 2.47 bits per heavy atom. The van der Waals surface area contributed by atoms with Crippen molar-refractivity contribution in [3.8, 4) is 5.75 Å². The summed E-state index contributed by atoms with van der Waals surface area (Å²) >= 11 is 0. The Balaban J connectivity index is 2.75. The number of benzene rings is 1. The molecule has 0 fully saturated rings. The molecule has 1 N–H and O–H groups in total. The first-order valence-corrected chi connectivity index (χ1v) is 5.95. The van der Waals surface area contributed by atoms with Crippen molar-refractivity contribution in [1.29, 1.82) is 0 Å². The summed E-state index contributed by atoms with van der Waals surface area (Å²) in [5.74, 6) is -0.722. The lowest BCUT2D eigenvalue weighted by Crippen LogP contribution is -2.40. The molecule has 3 nitrogen and oxygen atoms in total. The minimum absolute atomic E-state index is 0.0476. The van der Waals surface area contributed by atoms with Crippen molar-refractivity contribution >= 4 is 5.91 Å². The van der Waals surface area contributed by atoms with Gasteiger partial charge in [0.25, 0.3) is 0 Å². The predicted octanol–water partition coefficient (Wildman–Crippen LogP) is 2.74. The van der Waals surface area contributed by atoms with Crippen molar-refractivity contribution in [2.24, 2.45) is 0 Å². The highest BCUT2D eigenvalue weighted by Gasteiger charge is 2.32. The number of carbonyl (C=O) groups excluding carboxylic acids is 1. The maximum Gasteiger partial charge on any atom is 0.406 e. The number of hydrogen-bond acceptors (Lipinski definition) is 2. The van der Waals surface area contributed by atoms with E-state index in [4.69, 9.17) is 0 Å². The highest BCUT2D eigenvalue weighted by molar-refractivity contribution is 5.79. The van der Waals surface area contributed by atoms with Gasteiger partial charge in [-0.15, -0.1) is 0 Å². The minimum atomic E-state index is -4.41. The molecule has 0 bridgehead atoms. The van der Waals surface area contributed by atoms with Gasteiger partial charge in [0, 0.05) is 12.1 Å². The SMILES string of the molecule is CCCN(CC(F)(F)F)C(=O)Cc1ccccc1O. The number of alkyl halides is 3. The topological polar surface area (TPSA) is 40.5 Å². The second kappa shape index (κ2) is 6.45. The summed E-state index contributed by atoms with van der Waals surface area (Å²) < 4.78 is 37.1. The molecule has 0 aliphatic carbocycles. The zero-order chi connectivity index (χ0) is 14.5. The molecular formula is C13H16F3NO2. The zero-order valence-corrected chi connectivity index (χ0v) is 10.6. The fraction of sp³-hybridized carbons (Fsp3) is 0.462. The van der Waals surface area contributed by atoms with E-state index in [-0.39, 0.29) is 18.7 Å². The van der Waals surface area contributed by atoms with E-state index in [2.05, 4.69) is 0 Å². The summed E-state index contributed by atoms with van der Waals surface area (Å²) in [4.78, 5) is 12.6. The van der Waals surface area contributed by atoms with Crippen molar-refractivity contribution in [2.45, 2.75) is 25.9 Å². The van der Waals surface area contributed by atoms with Crippen LogP contribution in [0.5, 0.6) is 5.75 Å². The third-order valence-electron chi connectivity index (χ3n) is 2.55. The molecule has 1 aromatic rings. The third kappa shape index (κ3) is 5.19. The number of phenols is 1. The number of rotatable bonds is 5. The predicted molar refractivity (Wildman–Crippen MR) is 64.7 cm³/mol. The fourth-order valence-corrected chi connectivity index (χ4v) is 1.71. The standard InChI is InChI=1S/C13H16F3NO2/c1-2-7-17(9-13(14,15)16)12(19)8-10-5-3-4-6-11(10)18/h3-6,18H,2,7-9H2,1H3. The van der Waals surface area contributed by atoms with Crippen LogP contribution in [0.25, 0.3) is 0 Å². The first-order chi connectivity index (χ1) is 8.83. The molecule has 0 spiro atoms. The van der Waals surface area contributed by atoms with Crippen LogP contribution in [0.2, 0.25) is 0 Å². The minimum Gasteiger partial charge on any atom is -0.508 e. The molecule has 1 rings (SSSR count). The summed E-state index contributed by atoms with van der Waals surface area (Å²) in [6.45, 7) is 0.496. The Hall–Kier alpha value is -1.72. The van der Waals surface area contributed by atoms with Crippen molar-refractivity contribution in [3.63, 3.8) is 0 Å². The normalized spacial score (nSPS) is 11.4.